The number of carboxylic acid groups (broad SMARTS) is 1. The van der Waals surface area contributed by atoms with E-state index in [2.05, 4.69) is 15.5 Å². The van der Waals surface area contributed by atoms with Crippen LogP contribution in [0.3, 0.4) is 0 Å². The van der Waals surface area contributed by atoms with Gasteiger partial charge in [-0.15, -0.1) is 10.2 Å². The van der Waals surface area contributed by atoms with Crippen LogP contribution in [0.25, 0.3) is 0 Å². The fourth-order valence-electron chi connectivity index (χ4n) is 0.882. The highest BCUT2D eigenvalue weighted by molar-refractivity contribution is 5.94. The minimum Gasteiger partial charge on any atom is -0.480 e. The monoisotopic (exact) mass is 225 g/mol. The lowest BCUT2D eigenvalue weighted by Crippen LogP contribution is -2.38. The van der Waals surface area contributed by atoms with Crippen LogP contribution in [-0.4, -0.2) is 40.3 Å². The molecule has 0 fully saturated rings. The maximum Gasteiger partial charge on any atom is 0.325 e. The van der Waals surface area contributed by atoms with Gasteiger partial charge in [-0.05, 0) is 13.0 Å². The van der Waals surface area contributed by atoms with Crippen LogP contribution in [-0.2, 0) is 4.79 Å². The predicted molar refractivity (Wildman–Crippen MR) is 53.1 cm³/mol. The molecule has 0 aliphatic heterocycles. The summed E-state index contributed by atoms with van der Waals surface area (Å²) >= 11 is 0. The maximum atomic E-state index is 11.4. The van der Waals surface area contributed by atoms with Crippen molar-refractivity contribution in [1.82, 2.24) is 15.5 Å². The third kappa shape index (κ3) is 2.91. The highest BCUT2D eigenvalue weighted by Gasteiger charge is 2.16. The number of nitrogens with zero attached hydrogens (tertiary/aromatic N) is 2. The van der Waals surface area contributed by atoms with E-state index in [0.29, 0.717) is 0 Å². The molecule has 0 spiro atoms. The number of ether oxygens (including phenoxy) is 1. The summed E-state index contributed by atoms with van der Waals surface area (Å²) in [6.07, 6.45) is 0. The van der Waals surface area contributed by atoms with Gasteiger partial charge in [-0.1, -0.05) is 0 Å². The van der Waals surface area contributed by atoms with Crippen LogP contribution in [0, 0.1) is 0 Å². The zero-order chi connectivity index (χ0) is 12.1. The molecule has 1 aromatic rings. The molecule has 1 rings (SSSR count). The van der Waals surface area contributed by atoms with Crippen LogP contribution >= 0.6 is 0 Å². The lowest BCUT2D eigenvalue weighted by Gasteiger charge is -2.08. The van der Waals surface area contributed by atoms with Gasteiger partial charge in [-0.2, -0.15) is 0 Å². The third-order valence-corrected chi connectivity index (χ3v) is 1.80. The van der Waals surface area contributed by atoms with Gasteiger partial charge in [0.25, 0.3) is 5.91 Å². The minimum atomic E-state index is -1.12. The number of methoxy groups -OCH3 is 1. The quantitative estimate of drug-likeness (QED) is 0.728. The SMILES string of the molecule is COc1ccc(C(=O)N[C@H](C)C(=O)O)nn1. The molecule has 0 aliphatic carbocycles. The van der Waals surface area contributed by atoms with Gasteiger partial charge >= 0.3 is 5.97 Å². The molecule has 7 heteroatoms. The standard InChI is InChI=1S/C9H11N3O4/c1-5(9(14)15)10-8(13)6-3-4-7(16-2)12-11-6/h3-5H,1-2H3,(H,10,13)(H,14,15)/t5-/m1/s1. The van der Waals surface area contributed by atoms with Crippen LogP contribution < -0.4 is 10.1 Å². The number of rotatable bonds is 4. The van der Waals surface area contributed by atoms with Gasteiger partial charge in [0.2, 0.25) is 5.88 Å². The molecule has 0 unspecified atom stereocenters. The molecular formula is C9H11N3O4. The fourth-order valence-corrected chi connectivity index (χ4v) is 0.882. The predicted octanol–water partition coefficient (Wildman–Crippen LogP) is -0.312. The number of carbonyl (C=O) groups is 2. The Morgan fingerprint density at radius 2 is 2.12 bits per heavy atom. The molecule has 1 heterocycles. The maximum absolute atomic E-state index is 11.4. The second kappa shape index (κ2) is 5.06. The molecule has 0 aromatic carbocycles. The smallest absolute Gasteiger partial charge is 0.325 e. The summed E-state index contributed by atoms with van der Waals surface area (Å²) in [5, 5.41) is 18.0. The van der Waals surface area contributed by atoms with Gasteiger partial charge in [0, 0.05) is 6.07 Å². The Labute approximate surface area is 91.4 Å². The number of carbonyl (C=O) groups excluding carboxylic acids is 1. The molecule has 0 saturated heterocycles. The first-order chi connectivity index (χ1) is 7.54. The van der Waals surface area contributed by atoms with E-state index in [9.17, 15) is 9.59 Å². The molecule has 86 valence electrons. The first-order valence-corrected chi connectivity index (χ1v) is 4.46. The second-order valence-electron chi connectivity index (χ2n) is 2.99. The number of amides is 1. The second-order valence-corrected chi connectivity index (χ2v) is 2.99. The van der Waals surface area contributed by atoms with Crippen LogP contribution in [0.1, 0.15) is 17.4 Å². The van der Waals surface area contributed by atoms with Gasteiger partial charge in [-0.25, -0.2) is 0 Å². The van der Waals surface area contributed by atoms with E-state index in [4.69, 9.17) is 9.84 Å². The Morgan fingerprint density at radius 1 is 1.44 bits per heavy atom. The molecule has 0 radical (unpaired) electrons. The van der Waals surface area contributed by atoms with E-state index >= 15 is 0 Å². The van der Waals surface area contributed by atoms with Gasteiger partial charge in [0.05, 0.1) is 7.11 Å². The summed E-state index contributed by atoms with van der Waals surface area (Å²) in [6.45, 7) is 1.36. The Balaban J connectivity index is 2.69. The van der Waals surface area contributed by atoms with Crippen molar-refractivity contribution >= 4 is 11.9 Å². The number of aliphatic carboxylic acids is 1. The van der Waals surface area contributed by atoms with E-state index < -0.39 is 17.9 Å². The molecule has 1 atom stereocenters. The van der Waals surface area contributed by atoms with Crippen molar-refractivity contribution in [3.63, 3.8) is 0 Å². The zero-order valence-corrected chi connectivity index (χ0v) is 8.80. The van der Waals surface area contributed by atoms with Crippen molar-refractivity contribution in [3.05, 3.63) is 17.8 Å². The van der Waals surface area contributed by atoms with Crippen molar-refractivity contribution in [2.24, 2.45) is 0 Å². The number of carboxylic acids is 1. The lowest BCUT2D eigenvalue weighted by atomic mass is 10.3. The molecule has 16 heavy (non-hydrogen) atoms. The average Bonchev–Trinajstić information content (AvgIpc) is 2.28. The van der Waals surface area contributed by atoms with E-state index in [1.165, 1.54) is 26.2 Å². The summed E-state index contributed by atoms with van der Waals surface area (Å²) in [4.78, 5) is 21.9. The van der Waals surface area contributed by atoms with Crippen molar-refractivity contribution in [2.45, 2.75) is 13.0 Å². The van der Waals surface area contributed by atoms with E-state index in [0.717, 1.165) is 0 Å². The Morgan fingerprint density at radius 3 is 2.56 bits per heavy atom. The Bertz CT molecular complexity index is 390. The highest BCUT2D eigenvalue weighted by Crippen LogP contribution is 2.03. The Hall–Kier alpha value is -2.18. The zero-order valence-electron chi connectivity index (χ0n) is 8.80. The van der Waals surface area contributed by atoms with Crippen molar-refractivity contribution < 1.29 is 19.4 Å². The van der Waals surface area contributed by atoms with Crippen molar-refractivity contribution in [1.29, 1.82) is 0 Å². The molecule has 7 nitrogen and oxygen atoms in total. The van der Waals surface area contributed by atoms with Gasteiger partial charge in [0.15, 0.2) is 5.69 Å². The number of nitrogens with one attached hydrogen (secondary N) is 1. The van der Waals surface area contributed by atoms with E-state index in [1.807, 2.05) is 0 Å². The molecule has 1 aromatic heterocycles. The molecule has 0 saturated carbocycles. The minimum absolute atomic E-state index is 0.0360. The number of aromatic nitrogens is 2. The number of hydrogen-bond acceptors (Lipinski definition) is 5. The molecular weight excluding hydrogens is 214 g/mol. The molecule has 0 bridgehead atoms. The average molecular weight is 225 g/mol. The summed E-state index contributed by atoms with van der Waals surface area (Å²) in [5.74, 6) is -1.43. The summed E-state index contributed by atoms with van der Waals surface area (Å²) in [6, 6.07) is 1.89. The largest absolute Gasteiger partial charge is 0.480 e. The molecule has 1 amide bonds. The summed E-state index contributed by atoms with van der Waals surface area (Å²) in [7, 11) is 1.43. The van der Waals surface area contributed by atoms with Crippen LogP contribution in [0.15, 0.2) is 12.1 Å². The van der Waals surface area contributed by atoms with E-state index in [1.54, 1.807) is 0 Å². The lowest BCUT2D eigenvalue weighted by molar-refractivity contribution is -0.138. The molecule has 2 N–H and O–H groups in total. The van der Waals surface area contributed by atoms with Crippen molar-refractivity contribution in [2.75, 3.05) is 7.11 Å². The normalized spacial score (nSPS) is 11.6. The summed E-state index contributed by atoms with van der Waals surface area (Å²) < 4.78 is 4.77. The topological polar surface area (TPSA) is 101 Å². The van der Waals surface area contributed by atoms with Gasteiger partial charge in [0.1, 0.15) is 6.04 Å². The van der Waals surface area contributed by atoms with E-state index in [-0.39, 0.29) is 11.6 Å². The van der Waals surface area contributed by atoms with Crippen LogP contribution in [0.5, 0.6) is 5.88 Å². The van der Waals surface area contributed by atoms with Crippen LogP contribution in [0.2, 0.25) is 0 Å². The van der Waals surface area contributed by atoms with Crippen molar-refractivity contribution in [3.8, 4) is 5.88 Å². The number of hydrogen-bond donors (Lipinski definition) is 2. The highest BCUT2D eigenvalue weighted by atomic mass is 16.5. The van der Waals surface area contributed by atoms with Crippen LogP contribution in [0.4, 0.5) is 0 Å². The first kappa shape index (κ1) is 11.9. The third-order valence-electron chi connectivity index (χ3n) is 1.80. The Kier molecular flexibility index (Phi) is 3.76. The van der Waals surface area contributed by atoms with Gasteiger partial charge in [-0.3, -0.25) is 9.59 Å². The first-order valence-electron chi connectivity index (χ1n) is 4.46. The summed E-state index contributed by atoms with van der Waals surface area (Å²) in [5.41, 5.74) is 0.0360. The fraction of sp³-hybridized carbons (Fsp3) is 0.333. The molecule has 0 aliphatic rings. The van der Waals surface area contributed by atoms with Gasteiger partial charge < -0.3 is 15.2 Å².